The van der Waals surface area contributed by atoms with Crippen molar-refractivity contribution in [3.63, 3.8) is 0 Å². The van der Waals surface area contributed by atoms with Crippen LogP contribution in [-0.4, -0.2) is 36.9 Å². The highest BCUT2D eigenvalue weighted by Crippen LogP contribution is 2.30. The first-order chi connectivity index (χ1) is 16.6. The highest BCUT2D eigenvalue weighted by Gasteiger charge is 2.36. The van der Waals surface area contributed by atoms with E-state index in [0.29, 0.717) is 18.5 Å². The van der Waals surface area contributed by atoms with Crippen LogP contribution in [-0.2, 0) is 14.8 Å². The quantitative estimate of drug-likeness (QED) is 0.528. The zero-order valence-electron chi connectivity index (χ0n) is 18.7. The van der Waals surface area contributed by atoms with E-state index in [4.69, 9.17) is 4.52 Å². The van der Waals surface area contributed by atoms with Crippen LogP contribution in [0.5, 0.6) is 0 Å². The van der Waals surface area contributed by atoms with Crippen molar-refractivity contribution in [3.05, 3.63) is 76.9 Å². The van der Waals surface area contributed by atoms with Crippen LogP contribution in [0.4, 0.5) is 18.9 Å². The summed E-state index contributed by atoms with van der Waals surface area (Å²) in [7, 11) is -4.02. The molecule has 0 aliphatic carbocycles. The number of benzene rings is 2. The van der Waals surface area contributed by atoms with Gasteiger partial charge in [-0.15, -0.1) is 0 Å². The van der Waals surface area contributed by atoms with Crippen LogP contribution in [0.15, 0.2) is 51.9 Å². The minimum absolute atomic E-state index is 0.0526. The molecule has 7 nitrogen and oxygen atoms in total. The normalized spacial score (nSPS) is 15.5. The Kier molecular flexibility index (Phi) is 7.08. The molecule has 3 aromatic rings. The van der Waals surface area contributed by atoms with Crippen molar-refractivity contribution < 1.29 is 30.9 Å². The Morgan fingerprint density at radius 2 is 1.71 bits per heavy atom. The number of piperidine rings is 1. The van der Waals surface area contributed by atoms with E-state index in [9.17, 15) is 26.4 Å². The summed E-state index contributed by atoms with van der Waals surface area (Å²) in [6, 6.07) is 8.41. The Labute approximate surface area is 200 Å². The summed E-state index contributed by atoms with van der Waals surface area (Å²) in [5, 5.41) is 6.46. The summed E-state index contributed by atoms with van der Waals surface area (Å²) in [6.07, 6.45) is 3.14. The Balaban J connectivity index is 1.46. The van der Waals surface area contributed by atoms with Gasteiger partial charge in [0.25, 0.3) is 0 Å². The van der Waals surface area contributed by atoms with Gasteiger partial charge in [0, 0.05) is 36.3 Å². The number of anilines is 1. The predicted octanol–water partition coefficient (Wildman–Crippen LogP) is 4.61. The maximum Gasteiger partial charge on any atom is 0.248 e. The minimum atomic E-state index is -4.02. The molecule has 1 fully saturated rings. The maximum atomic E-state index is 13.9. The molecule has 0 spiro atoms. The maximum absolute atomic E-state index is 13.9. The first-order valence-corrected chi connectivity index (χ1v) is 12.2. The van der Waals surface area contributed by atoms with Crippen LogP contribution in [0, 0.1) is 30.3 Å². The van der Waals surface area contributed by atoms with Gasteiger partial charge in [0.2, 0.25) is 15.9 Å². The van der Waals surface area contributed by atoms with Crippen LogP contribution in [0.2, 0.25) is 0 Å². The minimum Gasteiger partial charge on any atom is -0.355 e. The second-order valence-electron chi connectivity index (χ2n) is 8.14. The topological polar surface area (TPSA) is 92.5 Å². The number of carbonyl (C=O) groups excluding carboxylic acids is 1. The molecule has 0 unspecified atom stereocenters. The van der Waals surface area contributed by atoms with E-state index in [-0.39, 0.29) is 40.9 Å². The fourth-order valence-electron chi connectivity index (χ4n) is 3.87. The van der Waals surface area contributed by atoms with E-state index in [0.717, 1.165) is 12.1 Å². The van der Waals surface area contributed by atoms with Crippen molar-refractivity contribution in [1.82, 2.24) is 9.46 Å². The van der Waals surface area contributed by atoms with E-state index in [1.54, 1.807) is 0 Å². The number of hydrogen-bond acceptors (Lipinski definition) is 5. The smallest absolute Gasteiger partial charge is 0.248 e. The van der Waals surface area contributed by atoms with Crippen LogP contribution in [0.25, 0.3) is 12.2 Å². The zero-order chi connectivity index (χ0) is 25.2. The van der Waals surface area contributed by atoms with Crippen molar-refractivity contribution in [2.24, 2.45) is 5.92 Å². The largest absolute Gasteiger partial charge is 0.355 e. The summed E-state index contributed by atoms with van der Waals surface area (Å²) in [4.78, 5) is 12.4. The van der Waals surface area contributed by atoms with Gasteiger partial charge in [-0.3, -0.25) is 4.79 Å². The molecule has 2 heterocycles. The molecule has 4 rings (SSSR count). The number of nitrogens with one attached hydrogen (secondary N) is 1. The fourth-order valence-corrected chi connectivity index (χ4v) is 5.59. The molecule has 1 aliphatic rings. The molecular weight excluding hydrogens is 483 g/mol. The molecule has 0 atom stereocenters. The SMILES string of the molecule is Cc1noc(C=Cc2ccc(F)cc2F)c1S(=O)(=O)N1CCC(C(=O)Nc2ccc(F)cc2)CC1. The van der Waals surface area contributed by atoms with E-state index >= 15 is 0 Å². The highest BCUT2D eigenvalue weighted by molar-refractivity contribution is 7.89. The van der Waals surface area contributed by atoms with Gasteiger partial charge in [-0.2, -0.15) is 4.31 Å². The van der Waals surface area contributed by atoms with Crippen molar-refractivity contribution >= 4 is 33.8 Å². The molecule has 1 amide bonds. The molecule has 0 bridgehead atoms. The molecule has 0 saturated carbocycles. The number of hydrogen-bond donors (Lipinski definition) is 1. The average molecular weight is 506 g/mol. The first kappa shape index (κ1) is 24.7. The molecule has 1 saturated heterocycles. The van der Waals surface area contributed by atoms with Crippen LogP contribution < -0.4 is 5.32 Å². The van der Waals surface area contributed by atoms with Gasteiger partial charge >= 0.3 is 0 Å². The Bertz CT molecular complexity index is 1360. The van der Waals surface area contributed by atoms with E-state index in [2.05, 4.69) is 10.5 Å². The van der Waals surface area contributed by atoms with Gasteiger partial charge in [-0.25, -0.2) is 21.6 Å². The van der Waals surface area contributed by atoms with Gasteiger partial charge < -0.3 is 9.84 Å². The van der Waals surface area contributed by atoms with Crippen LogP contribution in [0.3, 0.4) is 0 Å². The van der Waals surface area contributed by atoms with Crippen molar-refractivity contribution in [2.75, 3.05) is 18.4 Å². The summed E-state index contributed by atoms with van der Waals surface area (Å²) in [5.41, 5.74) is 0.651. The summed E-state index contributed by atoms with van der Waals surface area (Å²) >= 11 is 0. The predicted molar refractivity (Wildman–Crippen MR) is 123 cm³/mol. The lowest BCUT2D eigenvalue weighted by molar-refractivity contribution is -0.120. The van der Waals surface area contributed by atoms with Crippen molar-refractivity contribution in [3.8, 4) is 0 Å². The number of aromatic nitrogens is 1. The summed E-state index contributed by atoms with van der Waals surface area (Å²) in [5.74, 6) is -2.70. The number of amides is 1. The lowest BCUT2D eigenvalue weighted by Crippen LogP contribution is -2.41. The van der Waals surface area contributed by atoms with Crippen molar-refractivity contribution in [2.45, 2.75) is 24.7 Å². The standard InChI is InChI=1S/C24H22F3N3O4S/c1-15-23(22(34-29-15)9-3-16-2-4-19(26)14-21(16)27)35(32,33)30-12-10-17(11-13-30)24(31)28-20-7-5-18(25)6-8-20/h2-9,14,17H,10-13H2,1H3,(H,28,31). The molecule has 184 valence electrons. The first-order valence-electron chi connectivity index (χ1n) is 10.8. The van der Waals surface area contributed by atoms with Gasteiger partial charge in [-0.1, -0.05) is 5.16 Å². The lowest BCUT2D eigenvalue weighted by atomic mass is 9.97. The van der Waals surface area contributed by atoms with Crippen molar-refractivity contribution in [1.29, 1.82) is 0 Å². The molecular formula is C24H22F3N3O4S. The molecule has 1 aromatic heterocycles. The number of sulfonamides is 1. The number of carbonyl (C=O) groups is 1. The molecule has 0 radical (unpaired) electrons. The Morgan fingerprint density at radius 1 is 1.06 bits per heavy atom. The van der Waals surface area contributed by atoms with E-state index in [1.165, 1.54) is 53.7 Å². The number of halogens is 3. The lowest BCUT2D eigenvalue weighted by Gasteiger charge is -2.30. The van der Waals surface area contributed by atoms with Crippen LogP contribution in [0.1, 0.15) is 29.9 Å². The third kappa shape index (κ3) is 5.46. The molecule has 35 heavy (non-hydrogen) atoms. The number of aryl methyl sites for hydroxylation is 1. The van der Waals surface area contributed by atoms with Gasteiger partial charge in [0.1, 0.15) is 23.1 Å². The van der Waals surface area contributed by atoms with E-state index < -0.39 is 33.4 Å². The number of rotatable bonds is 6. The zero-order valence-corrected chi connectivity index (χ0v) is 19.5. The third-order valence-corrected chi connectivity index (χ3v) is 7.80. The van der Waals surface area contributed by atoms with E-state index in [1.807, 2.05) is 0 Å². The summed E-state index contributed by atoms with van der Waals surface area (Å²) < 4.78 is 73.2. The highest BCUT2D eigenvalue weighted by atomic mass is 32.2. The van der Waals surface area contributed by atoms with Gasteiger partial charge in [0.05, 0.1) is 0 Å². The van der Waals surface area contributed by atoms with Gasteiger partial charge in [-0.05, 0) is 68.3 Å². The second-order valence-corrected chi connectivity index (χ2v) is 10.0. The molecule has 1 aliphatic heterocycles. The summed E-state index contributed by atoms with van der Waals surface area (Å²) in [6.45, 7) is 1.68. The Morgan fingerprint density at radius 3 is 2.37 bits per heavy atom. The molecule has 2 aromatic carbocycles. The second kappa shape index (κ2) is 10.0. The molecule has 1 N–H and O–H groups in total. The Hall–Kier alpha value is -3.44. The van der Waals surface area contributed by atoms with Gasteiger partial charge in [0.15, 0.2) is 10.7 Å². The fraction of sp³-hybridized carbons (Fsp3) is 0.250. The third-order valence-electron chi connectivity index (χ3n) is 5.74. The monoisotopic (exact) mass is 505 g/mol. The molecule has 11 heteroatoms. The average Bonchev–Trinajstić information content (AvgIpc) is 3.21. The number of nitrogens with zero attached hydrogens (tertiary/aromatic N) is 2. The van der Waals surface area contributed by atoms with Crippen LogP contribution >= 0.6 is 0 Å².